The van der Waals surface area contributed by atoms with Crippen molar-refractivity contribution in [1.29, 1.82) is 0 Å². The summed E-state index contributed by atoms with van der Waals surface area (Å²) in [5, 5.41) is 3.01. The maximum absolute atomic E-state index is 5.55. The molecule has 1 aromatic rings. The predicted molar refractivity (Wildman–Crippen MR) is 61.3 cm³/mol. The molecule has 4 heteroatoms. The summed E-state index contributed by atoms with van der Waals surface area (Å²) in [7, 11) is 1.84. The van der Waals surface area contributed by atoms with Gasteiger partial charge in [-0.25, -0.2) is 4.98 Å². The minimum atomic E-state index is 0.138. The highest BCUT2D eigenvalue weighted by molar-refractivity contribution is 5.37. The van der Waals surface area contributed by atoms with Gasteiger partial charge in [0.05, 0.1) is 6.10 Å². The van der Waals surface area contributed by atoms with Gasteiger partial charge in [0.2, 0.25) is 5.88 Å². The van der Waals surface area contributed by atoms with Crippen molar-refractivity contribution in [2.45, 2.75) is 39.7 Å². The van der Waals surface area contributed by atoms with E-state index in [4.69, 9.17) is 4.74 Å². The van der Waals surface area contributed by atoms with E-state index in [2.05, 4.69) is 22.2 Å². The Morgan fingerprint density at radius 3 is 2.67 bits per heavy atom. The third-order valence-corrected chi connectivity index (χ3v) is 1.84. The summed E-state index contributed by atoms with van der Waals surface area (Å²) in [5.74, 6) is 2.29. The van der Waals surface area contributed by atoms with Crippen LogP contribution in [0.2, 0.25) is 0 Å². The van der Waals surface area contributed by atoms with Crippen molar-refractivity contribution in [2.75, 3.05) is 12.4 Å². The fourth-order valence-electron chi connectivity index (χ4n) is 1.24. The Labute approximate surface area is 91.1 Å². The van der Waals surface area contributed by atoms with Crippen LogP contribution in [0.25, 0.3) is 0 Å². The lowest BCUT2D eigenvalue weighted by Crippen LogP contribution is -2.09. The highest BCUT2D eigenvalue weighted by Crippen LogP contribution is 2.15. The van der Waals surface area contributed by atoms with E-state index in [0.717, 1.165) is 24.5 Å². The topological polar surface area (TPSA) is 47.0 Å². The lowest BCUT2D eigenvalue weighted by atomic mass is 10.3. The van der Waals surface area contributed by atoms with E-state index in [-0.39, 0.29) is 6.10 Å². The normalized spacial score (nSPS) is 10.5. The van der Waals surface area contributed by atoms with Crippen molar-refractivity contribution in [3.05, 3.63) is 11.9 Å². The van der Waals surface area contributed by atoms with Gasteiger partial charge in [-0.3, -0.25) is 0 Å². The van der Waals surface area contributed by atoms with Crippen LogP contribution in [0.15, 0.2) is 6.07 Å². The van der Waals surface area contributed by atoms with Crippen LogP contribution in [0.4, 0.5) is 5.82 Å². The number of hydrogen-bond acceptors (Lipinski definition) is 4. The lowest BCUT2D eigenvalue weighted by Gasteiger charge is -2.11. The summed E-state index contributed by atoms with van der Waals surface area (Å²) in [5.41, 5.74) is 0. The monoisotopic (exact) mass is 209 g/mol. The second kappa shape index (κ2) is 5.53. The van der Waals surface area contributed by atoms with Crippen LogP contribution < -0.4 is 10.1 Å². The van der Waals surface area contributed by atoms with E-state index >= 15 is 0 Å². The third-order valence-electron chi connectivity index (χ3n) is 1.84. The lowest BCUT2D eigenvalue weighted by molar-refractivity contribution is 0.231. The van der Waals surface area contributed by atoms with Gasteiger partial charge in [0.25, 0.3) is 0 Å². The average Bonchev–Trinajstić information content (AvgIpc) is 2.16. The Kier molecular flexibility index (Phi) is 4.34. The molecule has 1 rings (SSSR count). The molecule has 4 nitrogen and oxygen atoms in total. The van der Waals surface area contributed by atoms with Crippen molar-refractivity contribution >= 4 is 5.82 Å². The molecule has 1 aromatic heterocycles. The minimum absolute atomic E-state index is 0.138. The van der Waals surface area contributed by atoms with Crippen molar-refractivity contribution < 1.29 is 4.74 Å². The second-order valence-electron chi connectivity index (χ2n) is 3.67. The number of aromatic nitrogens is 2. The number of nitrogens with zero attached hydrogens (tertiary/aromatic N) is 2. The molecule has 0 saturated carbocycles. The van der Waals surface area contributed by atoms with E-state index in [1.54, 1.807) is 0 Å². The zero-order chi connectivity index (χ0) is 11.3. The summed E-state index contributed by atoms with van der Waals surface area (Å²) in [6.45, 7) is 6.08. The molecule has 1 N–H and O–H groups in total. The average molecular weight is 209 g/mol. The molecule has 1 heterocycles. The molecule has 0 aliphatic heterocycles. The molecule has 0 aromatic carbocycles. The molecule has 0 unspecified atom stereocenters. The van der Waals surface area contributed by atoms with Gasteiger partial charge in [0.15, 0.2) is 0 Å². The molecule has 0 fully saturated rings. The first-order chi connectivity index (χ1) is 7.15. The molecular formula is C11H19N3O. The Hall–Kier alpha value is -1.32. The SMILES string of the molecule is CCCc1nc(NC)cc(OC(C)C)n1. The van der Waals surface area contributed by atoms with Crippen molar-refractivity contribution in [1.82, 2.24) is 9.97 Å². The number of ether oxygens (including phenoxy) is 1. The molecule has 0 spiro atoms. The van der Waals surface area contributed by atoms with E-state index < -0.39 is 0 Å². The Bertz CT molecular complexity index is 313. The number of hydrogen-bond donors (Lipinski definition) is 1. The van der Waals surface area contributed by atoms with Crippen LogP contribution >= 0.6 is 0 Å². The minimum Gasteiger partial charge on any atom is -0.475 e. The van der Waals surface area contributed by atoms with Gasteiger partial charge in [-0.2, -0.15) is 4.98 Å². The van der Waals surface area contributed by atoms with Crippen LogP contribution in [0, 0.1) is 0 Å². The molecule has 15 heavy (non-hydrogen) atoms. The molecular weight excluding hydrogens is 190 g/mol. The summed E-state index contributed by atoms with van der Waals surface area (Å²) in [6, 6.07) is 1.82. The van der Waals surface area contributed by atoms with Crippen molar-refractivity contribution in [3.63, 3.8) is 0 Å². The zero-order valence-electron chi connectivity index (χ0n) is 9.87. The molecule has 0 aliphatic rings. The second-order valence-corrected chi connectivity index (χ2v) is 3.67. The molecule has 0 aliphatic carbocycles. The number of nitrogens with one attached hydrogen (secondary N) is 1. The molecule has 0 radical (unpaired) electrons. The van der Waals surface area contributed by atoms with Gasteiger partial charge >= 0.3 is 0 Å². The van der Waals surface area contributed by atoms with Crippen molar-refractivity contribution in [3.8, 4) is 5.88 Å². The standard InChI is InChI=1S/C11H19N3O/c1-5-6-9-13-10(12-4)7-11(14-9)15-8(2)3/h7-8H,5-6H2,1-4H3,(H,12,13,14). The summed E-state index contributed by atoms with van der Waals surface area (Å²) >= 11 is 0. The predicted octanol–water partition coefficient (Wildman–Crippen LogP) is 2.26. The summed E-state index contributed by atoms with van der Waals surface area (Å²) < 4.78 is 5.55. The van der Waals surface area contributed by atoms with Crippen LogP contribution in [0.3, 0.4) is 0 Å². The summed E-state index contributed by atoms with van der Waals surface area (Å²) in [6.07, 6.45) is 2.05. The maximum atomic E-state index is 5.55. The van der Waals surface area contributed by atoms with E-state index in [1.165, 1.54) is 0 Å². The first-order valence-corrected chi connectivity index (χ1v) is 5.38. The summed E-state index contributed by atoms with van der Waals surface area (Å²) in [4.78, 5) is 8.68. The van der Waals surface area contributed by atoms with E-state index in [1.807, 2.05) is 27.0 Å². The fraction of sp³-hybridized carbons (Fsp3) is 0.636. The van der Waals surface area contributed by atoms with Crippen LogP contribution in [0.1, 0.15) is 33.0 Å². The number of anilines is 1. The van der Waals surface area contributed by atoms with Crippen LogP contribution in [-0.4, -0.2) is 23.1 Å². The highest BCUT2D eigenvalue weighted by atomic mass is 16.5. The van der Waals surface area contributed by atoms with E-state index in [0.29, 0.717) is 5.88 Å². The maximum Gasteiger partial charge on any atom is 0.218 e. The third kappa shape index (κ3) is 3.73. The van der Waals surface area contributed by atoms with Gasteiger partial charge in [-0.05, 0) is 20.3 Å². The molecule has 0 atom stereocenters. The van der Waals surface area contributed by atoms with Gasteiger partial charge in [0, 0.05) is 19.5 Å². The molecule has 0 bridgehead atoms. The first-order valence-electron chi connectivity index (χ1n) is 5.38. The quantitative estimate of drug-likeness (QED) is 0.808. The molecule has 0 saturated heterocycles. The van der Waals surface area contributed by atoms with Gasteiger partial charge in [-0.1, -0.05) is 6.92 Å². The van der Waals surface area contributed by atoms with Gasteiger partial charge in [0.1, 0.15) is 11.6 Å². The Balaban J connectivity index is 2.89. The smallest absolute Gasteiger partial charge is 0.218 e. The van der Waals surface area contributed by atoms with E-state index in [9.17, 15) is 0 Å². The van der Waals surface area contributed by atoms with Crippen LogP contribution in [0.5, 0.6) is 5.88 Å². The fourth-order valence-corrected chi connectivity index (χ4v) is 1.24. The Morgan fingerprint density at radius 2 is 2.13 bits per heavy atom. The van der Waals surface area contributed by atoms with Gasteiger partial charge < -0.3 is 10.1 Å². The number of aryl methyl sites for hydroxylation is 1. The molecule has 0 amide bonds. The zero-order valence-corrected chi connectivity index (χ0v) is 9.87. The first kappa shape index (κ1) is 11.8. The molecule has 84 valence electrons. The highest BCUT2D eigenvalue weighted by Gasteiger charge is 2.05. The van der Waals surface area contributed by atoms with Crippen LogP contribution in [-0.2, 0) is 6.42 Å². The largest absolute Gasteiger partial charge is 0.475 e. The van der Waals surface area contributed by atoms with Gasteiger partial charge in [-0.15, -0.1) is 0 Å². The Morgan fingerprint density at radius 1 is 1.40 bits per heavy atom. The number of rotatable bonds is 5. The van der Waals surface area contributed by atoms with Crippen molar-refractivity contribution in [2.24, 2.45) is 0 Å².